The van der Waals surface area contributed by atoms with Crippen LogP contribution in [-0.2, 0) is 21.1 Å². The molecule has 0 spiro atoms. The average molecular weight is 372 g/mol. The van der Waals surface area contributed by atoms with E-state index in [-0.39, 0.29) is 26.8 Å². The van der Waals surface area contributed by atoms with Crippen molar-refractivity contribution in [2.24, 2.45) is 0 Å². The van der Waals surface area contributed by atoms with Gasteiger partial charge in [0.2, 0.25) is 0 Å². The molecule has 0 atom stereocenters. The van der Waals surface area contributed by atoms with Crippen LogP contribution >= 0.6 is 0 Å². The van der Waals surface area contributed by atoms with Gasteiger partial charge in [0.25, 0.3) is 0 Å². The number of ether oxygens (including phenoxy) is 1. The summed E-state index contributed by atoms with van der Waals surface area (Å²) >= 11 is 0. The summed E-state index contributed by atoms with van der Waals surface area (Å²) in [6.45, 7) is 9.37. The van der Waals surface area contributed by atoms with Crippen LogP contribution in [0.4, 0.5) is 0 Å². The van der Waals surface area contributed by atoms with Crippen molar-refractivity contribution < 1.29 is 30.6 Å². The van der Waals surface area contributed by atoms with E-state index in [2.05, 4.69) is 19.6 Å². The van der Waals surface area contributed by atoms with Crippen LogP contribution < -0.4 is 4.74 Å². The topological polar surface area (TPSA) is 26.3 Å². The first-order valence-corrected chi connectivity index (χ1v) is 4.25. The fourth-order valence-corrected chi connectivity index (χ4v) is 0.880. The molecule has 0 N–H and O–H groups in total. The van der Waals surface area contributed by atoms with Gasteiger partial charge in [-0.2, -0.15) is 0 Å². The number of ketones is 1. The van der Waals surface area contributed by atoms with E-state index < -0.39 is 0 Å². The molecule has 1 aromatic carbocycles. The first kappa shape index (κ1) is 14.0. The Morgan fingerprint density at radius 1 is 1.60 bits per heavy atom. The molecule has 0 bridgehead atoms. The average Bonchev–Trinajstić information content (AvgIpc) is 2.15. The number of hydrogen-bond acceptors (Lipinski definition) is 2. The summed E-state index contributed by atoms with van der Waals surface area (Å²) in [7, 11) is 0. The van der Waals surface area contributed by atoms with Crippen molar-refractivity contribution in [3.8, 4) is 5.75 Å². The molecule has 2 nitrogen and oxygen atoms in total. The summed E-state index contributed by atoms with van der Waals surface area (Å²) in [6, 6.07) is 7.78. The maximum absolute atomic E-state index is 10.8. The molecule has 0 aliphatic rings. The minimum absolute atomic E-state index is 0. The zero-order chi connectivity index (χ0) is 10.6. The Morgan fingerprint density at radius 2 is 2.27 bits per heavy atom. The maximum atomic E-state index is 10.8. The fourth-order valence-electron chi connectivity index (χ4n) is 0.880. The van der Waals surface area contributed by atoms with Gasteiger partial charge in [0, 0.05) is 5.75 Å². The van der Waals surface area contributed by atoms with Crippen LogP contribution in [0, 0.1) is 13.0 Å². The van der Waals surface area contributed by atoms with E-state index in [1.165, 1.54) is 0 Å². The van der Waals surface area contributed by atoms with Crippen LogP contribution in [0.15, 0.2) is 30.4 Å². The van der Waals surface area contributed by atoms with Crippen LogP contribution in [0.2, 0.25) is 0 Å². The predicted molar refractivity (Wildman–Crippen MR) is 55.3 cm³/mol. The fraction of sp³-hybridized carbons (Fsp3) is 0.167. The molecule has 0 saturated heterocycles. The second-order valence-electron chi connectivity index (χ2n) is 3.11. The second kappa shape index (κ2) is 6.47. The number of carbonyl (C=O) groups is 1. The minimum Gasteiger partial charge on any atom is -0.533 e. The van der Waals surface area contributed by atoms with Crippen molar-refractivity contribution in [3.63, 3.8) is 0 Å². The Hall–Kier alpha value is -1.01. The molecule has 0 amide bonds. The van der Waals surface area contributed by atoms with Gasteiger partial charge in [0.15, 0.2) is 0 Å². The SMILES string of the molecule is C=C(C)COc1c[c-]c(C([CH2-])=O)cc1.[W+2]. The number of Topliss-reactive ketones (excluding diaryl/α,β-unsaturated/α-hetero) is 1. The molecule has 0 fully saturated rings. The Kier molecular flexibility index (Phi) is 6.03. The Labute approximate surface area is 105 Å². The van der Waals surface area contributed by atoms with Gasteiger partial charge in [0.05, 0.1) is 6.61 Å². The molecular weight excluding hydrogens is 360 g/mol. The van der Waals surface area contributed by atoms with E-state index in [0.717, 1.165) is 5.57 Å². The molecule has 0 aromatic heterocycles. The minimum atomic E-state index is -0.239. The Morgan fingerprint density at radius 3 is 2.67 bits per heavy atom. The standard InChI is InChI=1S/C12H12O2.W/c1-9(2)8-14-12-6-4-11(5-7-12)10(3)13;/h4,6-7H,1,3,8H2,2H3;/q-2;+2. The molecule has 0 radical (unpaired) electrons. The zero-order valence-corrected chi connectivity index (χ0v) is 11.5. The largest absolute Gasteiger partial charge is 2.00 e. The maximum Gasteiger partial charge on any atom is 2.00 e. The first-order valence-electron chi connectivity index (χ1n) is 4.25. The van der Waals surface area contributed by atoms with E-state index in [1.807, 2.05) is 6.92 Å². The molecule has 1 rings (SSSR count). The molecule has 0 aliphatic carbocycles. The van der Waals surface area contributed by atoms with Crippen molar-refractivity contribution in [2.75, 3.05) is 6.61 Å². The first-order chi connectivity index (χ1) is 6.59. The van der Waals surface area contributed by atoms with Gasteiger partial charge in [-0.15, -0.1) is 12.1 Å². The third kappa shape index (κ3) is 4.85. The number of hydrogen-bond donors (Lipinski definition) is 0. The van der Waals surface area contributed by atoms with E-state index in [4.69, 9.17) is 4.74 Å². The summed E-state index contributed by atoms with van der Waals surface area (Å²) in [4.78, 5) is 10.8. The van der Waals surface area contributed by atoms with Gasteiger partial charge in [-0.3, -0.25) is 5.56 Å². The molecule has 0 aliphatic heterocycles. The summed E-state index contributed by atoms with van der Waals surface area (Å²) in [5.41, 5.74) is 1.41. The van der Waals surface area contributed by atoms with E-state index in [0.29, 0.717) is 17.9 Å². The smallest absolute Gasteiger partial charge is 0.533 e. The van der Waals surface area contributed by atoms with Gasteiger partial charge >= 0.3 is 21.1 Å². The van der Waals surface area contributed by atoms with Gasteiger partial charge < -0.3 is 9.53 Å². The van der Waals surface area contributed by atoms with Crippen molar-refractivity contribution in [2.45, 2.75) is 6.92 Å². The molecule has 0 saturated carbocycles. The van der Waals surface area contributed by atoms with Crippen LogP contribution in [0.25, 0.3) is 0 Å². The number of carbonyl (C=O) groups excluding carboxylic acids is 1. The van der Waals surface area contributed by atoms with Crippen molar-refractivity contribution >= 4 is 5.78 Å². The summed E-state index contributed by atoms with van der Waals surface area (Å²) in [5, 5.41) is 0. The van der Waals surface area contributed by atoms with E-state index >= 15 is 0 Å². The van der Waals surface area contributed by atoms with Crippen molar-refractivity contribution in [1.82, 2.24) is 0 Å². The van der Waals surface area contributed by atoms with Gasteiger partial charge in [0.1, 0.15) is 0 Å². The second-order valence-corrected chi connectivity index (χ2v) is 3.11. The van der Waals surface area contributed by atoms with Gasteiger partial charge in [-0.1, -0.05) is 12.4 Å². The molecule has 0 heterocycles. The van der Waals surface area contributed by atoms with Crippen molar-refractivity contribution in [3.05, 3.63) is 48.9 Å². The molecule has 3 heteroatoms. The Balaban J connectivity index is 0.00000196. The zero-order valence-electron chi connectivity index (χ0n) is 8.58. The molecule has 15 heavy (non-hydrogen) atoms. The molecule has 78 valence electrons. The summed E-state index contributed by atoms with van der Waals surface area (Å²) in [6.07, 6.45) is 0. The molecule has 1 aromatic rings. The van der Waals surface area contributed by atoms with Crippen LogP contribution in [0.5, 0.6) is 5.75 Å². The van der Waals surface area contributed by atoms with Crippen LogP contribution in [0.3, 0.4) is 0 Å². The normalized spacial score (nSPS) is 8.87. The molecule has 0 unspecified atom stereocenters. The number of benzene rings is 1. The Bertz CT molecular complexity index is 341. The van der Waals surface area contributed by atoms with Crippen molar-refractivity contribution in [1.29, 1.82) is 0 Å². The van der Waals surface area contributed by atoms with Gasteiger partial charge in [-0.05, 0) is 12.5 Å². The van der Waals surface area contributed by atoms with E-state index in [9.17, 15) is 4.79 Å². The third-order valence-corrected chi connectivity index (χ3v) is 1.57. The summed E-state index contributed by atoms with van der Waals surface area (Å²) < 4.78 is 5.34. The number of rotatable bonds is 4. The summed E-state index contributed by atoms with van der Waals surface area (Å²) in [5.74, 6) is 0.439. The quantitative estimate of drug-likeness (QED) is 0.461. The third-order valence-electron chi connectivity index (χ3n) is 1.57. The monoisotopic (exact) mass is 372 g/mol. The molecular formula is C12H12O2W. The van der Waals surface area contributed by atoms with Gasteiger partial charge in [-0.25, -0.2) is 19.1 Å². The van der Waals surface area contributed by atoms with Crippen LogP contribution in [0.1, 0.15) is 17.3 Å². The van der Waals surface area contributed by atoms with Crippen LogP contribution in [-0.4, -0.2) is 12.4 Å². The predicted octanol–water partition coefficient (Wildman–Crippen LogP) is 2.46. The van der Waals surface area contributed by atoms with E-state index in [1.54, 1.807) is 18.2 Å².